The summed E-state index contributed by atoms with van der Waals surface area (Å²) in [5.74, 6) is -1.67. The average Bonchev–Trinajstić information content (AvgIpc) is 2.31. The third kappa shape index (κ3) is 2.60. The quantitative estimate of drug-likeness (QED) is 0.902. The Morgan fingerprint density at radius 3 is 2.78 bits per heavy atom. The molecular weight excluding hydrogens is 239 g/mol. The van der Waals surface area contributed by atoms with Crippen LogP contribution in [0.4, 0.5) is 4.39 Å². The number of ether oxygens (including phenoxy) is 1. The van der Waals surface area contributed by atoms with Crippen LogP contribution < -0.4 is 4.74 Å². The Morgan fingerprint density at radius 1 is 1.33 bits per heavy atom. The predicted octanol–water partition coefficient (Wildman–Crippen LogP) is 2.41. The van der Waals surface area contributed by atoms with Gasteiger partial charge in [0.1, 0.15) is 23.5 Å². The maximum atomic E-state index is 13.0. The molecule has 0 aliphatic carbocycles. The molecule has 0 unspecified atom stereocenters. The molecule has 5 nitrogen and oxygen atoms in total. The van der Waals surface area contributed by atoms with E-state index in [-0.39, 0.29) is 17.2 Å². The van der Waals surface area contributed by atoms with Crippen LogP contribution in [0.3, 0.4) is 0 Å². The van der Waals surface area contributed by atoms with Crippen molar-refractivity contribution in [3.8, 4) is 11.6 Å². The van der Waals surface area contributed by atoms with Crippen LogP contribution in [0.2, 0.25) is 0 Å². The van der Waals surface area contributed by atoms with E-state index >= 15 is 0 Å². The van der Waals surface area contributed by atoms with Crippen LogP contribution in [0, 0.1) is 12.7 Å². The van der Waals surface area contributed by atoms with Crippen molar-refractivity contribution in [1.82, 2.24) is 9.97 Å². The molecular formula is C12H9FN2O3. The molecule has 0 radical (unpaired) electrons. The Bertz CT molecular complexity index is 602. The van der Waals surface area contributed by atoms with Crippen LogP contribution in [-0.2, 0) is 0 Å². The van der Waals surface area contributed by atoms with E-state index < -0.39 is 11.8 Å². The van der Waals surface area contributed by atoms with Crippen molar-refractivity contribution in [3.63, 3.8) is 0 Å². The lowest BCUT2D eigenvalue weighted by Gasteiger charge is -2.07. The van der Waals surface area contributed by atoms with E-state index in [0.29, 0.717) is 5.69 Å². The van der Waals surface area contributed by atoms with Gasteiger partial charge in [0, 0.05) is 11.8 Å². The Balaban J connectivity index is 2.37. The van der Waals surface area contributed by atoms with Gasteiger partial charge in [0.2, 0.25) is 5.88 Å². The number of aryl methyl sites for hydroxylation is 1. The number of carboxylic acids is 1. The lowest BCUT2D eigenvalue weighted by Crippen LogP contribution is -2.01. The topological polar surface area (TPSA) is 72.3 Å². The third-order valence-corrected chi connectivity index (χ3v) is 2.17. The van der Waals surface area contributed by atoms with Gasteiger partial charge in [-0.2, -0.15) is 0 Å². The summed E-state index contributed by atoms with van der Waals surface area (Å²) in [6.45, 7) is 1.75. The molecule has 0 amide bonds. The molecule has 0 spiro atoms. The molecule has 92 valence electrons. The zero-order valence-electron chi connectivity index (χ0n) is 9.42. The van der Waals surface area contributed by atoms with Crippen molar-refractivity contribution in [2.75, 3.05) is 0 Å². The minimum Gasteiger partial charge on any atom is -0.478 e. The number of carboxylic acid groups (broad SMARTS) is 1. The van der Waals surface area contributed by atoms with Crippen LogP contribution in [-0.4, -0.2) is 21.0 Å². The molecule has 2 aromatic rings. The number of hydrogen-bond donors (Lipinski definition) is 1. The highest BCUT2D eigenvalue weighted by Crippen LogP contribution is 2.24. The lowest BCUT2D eigenvalue weighted by atomic mass is 10.2. The van der Waals surface area contributed by atoms with Gasteiger partial charge in [-0.3, -0.25) is 0 Å². The molecule has 0 atom stereocenters. The van der Waals surface area contributed by atoms with Crippen molar-refractivity contribution in [2.24, 2.45) is 0 Å². The van der Waals surface area contributed by atoms with Crippen LogP contribution in [0.5, 0.6) is 11.6 Å². The first kappa shape index (κ1) is 12.0. The first-order chi connectivity index (χ1) is 8.56. The average molecular weight is 248 g/mol. The number of benzene rings is 1. The smallest absolute Gasteiger partial charge is 0.339 e. The minimum atomic E-state index is -1.27. The molecule has 0 aliphatic rings. The number of rotatable bonds is 3. The summed E-state index contributed by atoms with van der Waals surface area (Å²) in [6.07, 6.45) is 1.30. The van der Waals surface area contributed by atoms with E-state index in [4.69, 9.17) is 9.84 Å². The van der Waals surface area contributed by atoms with Crippen LogP contribution in [0.25, 0.3) is 0 Å². The molecule has 0 saturated carbocycles. The SMILES string of the molecule is Cc1cc(Oc2ccc(F)cc2C(=O)O)ncn1. The van der Waals surface area contributed by atoms with Crippen LogP contribution in [0.1, 0.15) is 16.1 Å². The van der Waals surface area contributed by atoms with Gasteiger partial charge in [0.05, 0.1) is 0 Å². The molecule has 6 heteroatoms. The summed E-state index contributed by atoms with van der Waals surface area (Å²) in [7, 11) is 0. The molecule has 1 heterocycles. The van der Waals surface area contributed by atoms with E-state index in [9.17, 15) is 9.18 Å². The summed E-state index contributed by atoms with van der Waals surface area (Å²) in [6, 6.07) is 4.81. The number of aromatic carboxylic acids is 1. The predicted molar refractivity (Wildman–Crippen MR) is 60.2 cm³/mol. The normalized spacial score (nSPS) is 10.1. The zero-order chi connectivity index (χ0) is 13.1. The fourth-order valence-electron chi connectivity index (χ4n) is 1.36. The Morgan fingerprint density at radius 2 is 2.11 bits per heavy atom. The van der Waals surface area contributed by atoms with Gasteiger partial charge >= 0.3 is 5.97 Å². The second-order valence-corrected chi connectivity index (χ2v) is 3.55. The molecule has 2 rings (SSSR count). The standard InChI is InChI=1S/C12H9FN2O3/c1-7-4-11(15-6-14-7)18-10-3-2-8(13)5-9(10)12(16)17/h2-6H,1H3,(H,16,17). The van der Waals surface area contributed by atoms with Gasteiger partial charge in [-0.05, 0) is 25.1 Å². The van der Waals surface area contributed by atoms with Gasteiger partial charge in [-0.25, -0.2) is 19.2 Å². The van der Waals surface area contributed by atoms with E-state index in [0.717, 1.165) is 12.1 Å². The molecule has 1 N–H and O–H groups in total. The first-order valence-electron chi connectivity index (χ1n) is 5.05. The molecule has 18 heavy (non-hydrogen) atoms. The minimum absolute atomic E-state index is 0.0296. The van der Waals surface area contributed by atoms with E-state index in [1.807, 2.05) is 0 Å². The number of hydrogen-bond acceptors (Lipinski definition) is 4. The second kappa shape index (κ2) is 4.79. The second-order valence-electron chi connectivity index (χ2n) is 3.55. The number of halogens is 1. The van der Waals surface area contributed by atoms with Gasteiger partial charge in [0.25, 0.3) is 0 Å². The zero-order valence-corrected chi connectivity index (χ0v) is 9.42. The Kier molecular flexibility index (Phi) is 3.18. The summed E-state index contributed by atoms with van der Waals surface area (Å²) >= 11 is 0. The van der Waals surface area contributed by atoms with Crippen molar-refractivity contribution < 1.29 is 19.0 Å². The molecule has 1 aromatic carbocycles. The van der Waals surface area contributed by atoms with Crippen LogP contribution in [0.15, 0.2) is 30.6 Å². The van der Waals surface area contributed by atoms with Gasteiger partial charge in [-0.1, -0.05) is 0 Å². The van der Waals surface area contributed by atoms with E-state index in [1.165, 1.54) is 12.4 Å². The fourth-order valence-corrected chi connectivity index (χ4v) is 1.36. The highest BCUT2D eigenvalue weighted by atomic mass is 19.1. The maximum absolute atomic E-state index is 13.0. The number of carbonyl (C=O) groups is 1. The summed E-state index contributed by atoms with van der Waals surface area (Å²) in [5, 5.41) is 8.94. The van der Waals surface area contributed by atoms with Crippen molar-refractivity contribution in [1.29, 1.82) is 0 Å². The van der Waals surface area contributed by atoms with E-state index in [2.05, 4.69) is 9.97 Å². The fraction of sp³-hybridized carbons (Fsp3) is 0.0833. The van der Waals surface area contributed by atoms with Gasteiger partial charge in [-0.15, -0.1) is 0 Å². The molecule has 0 saturated heterocycles. The van der Waals surface area contributed by atoms with E-state index in [1.54, 1.807) is 13.0 Å². The monoisotopic (exact) mass is 248 g/mol. The Labute approximate surface area is 102 Å². The molecule has 1 aromatic heterocycles. The number of nitrogens with zero attached hydrogens (tertiary/aromatic N) is 2. The van der Waals surface area contributed by atoms with Crippen molar-refractivity contribution >= 4 is 5.97 Å². The van der Waals surface area contributed by atoms with Gasteiger partial charge in [0.15, 0.2) is 0 Å². The third-order valence-electron chi connectivity index (χ3n) is 2.17. The largest absolute Gasteiger partial charge is 0.478 e. The summed E-state index contributed by atoms with van der Waals surface area (Å²) in [4.78, 5) is 18.7. The Hall–Kier alpha value is -2.50. The molecule has 0 bridgehead atoms. The van der Waals surface area contributed by atoms with Crippen molar-refractivity contribution in [3.05, 3.63) is 47.7 Å². The molecule has 0 aliphatic heterocycles. The van der Waals surface area contributed by atoms with Gasteiger partial charge < -0.3 is 9.84 Å². The first-order valence-corrected chi connectivity index (χ1v) is 5.05. The highest BCUT2D eigenvalue weighted by molar-refractivity contribution is 5.90. The number of aromatic nitrogens is 2. The molecule has 0 fully saturated rings. The van der Waals surface area contributed by atoms with Crippen LogP contribution >= 0.6 is 0 Å². The van der Waals surface area contributed by atoms with Crippen molar-refractivity contribution in [2.45, 2.75) is 6.92 Å². The summed E-state index contributed by atoms with van der Waals surface area (Å²) in [5.41, 5.74) is 0.422. The lowest BCUT2D eigenvalue weighted by molar-refractivity contribution is 0.0693. The maximum Gasteiger partial charge on any atom is 0.339 e. The highest BCUT2D eigenvalue weighted by Gasteiger charge is 2.13. The summed E-state index contributed by atoms with van der Waals surface area (Å²) < 4.78 is 18.3.